The summed E-state index contributed by atoms with van der Waals surface area (Å²) in [5.41, 5.74) is -0.966. The minimum absolute atomic E-state index is 0.309. The highest BCUT2D eigenvalue weighted by atomic mass is 16.5. The van der Waals surface area contributed by atoms with Gasteiger partial charge in [0.25, 0.3) is 0 Å². The lowest BCUT2D eigenvalue weighted by atomic mass is 9.94. The number of aliphatic hydroxyl groups is 2. The molecule has 0 saturated heterocycles. The second kappa shape index (κ2) is 3.82. The average Bonchev–Trinajstić information content (AvgIpc) is 2.67. The molecule has 0 amide bonds. The number of aliphatic hydroxyl groups excluding tert-OH is 1. The van der Waals surface area contributed by atoms with Gasteiger partial charge in [0.1, 0.15) is 17.4 Å². The van der Waals surface area contributed by atoms with Gasteiger partial charge in [0.15, 0.2) is 6.10 Å². The summed E-state index contributed by atoms with van der Waals surface area (Å²) in [6.45, 7) is 3.12. The zero-order valence-electron chi connectivity index (χ0n) is 10.6. The van der Waals surface area contributed by atoms with E-state index in [1.807, 2.05) is 0 Å². The first kappa shape index (κ1) is 12.2. The Bertz CT molecular complexity index is 695. The van der Waals surface area contributed by atoms with Gasteiger partial charge in [0.2, 0.25) is 0 Å². The number of fused-ring (bicyclic) bond motifs is 3. The summed E-state index contributed by atoms with van der Waals surface area (Å²) >= 11 is 0. The van der Waals surface area contributed by atoms with Gasteiger partial charge in [0.05, 0.1) is 11.2 Å². The molecule has 1 aliphatic rings. The minimum atomic E-state index is -1.21. The van der Waals surface area contributed by atoms with Crippen LogP contribution in [0.15, 0.2) is 33.5 Å². The molecule has 2 atom stereocenters. The Kier molecular flexibility index (Phi) is 2.45. The van der Waals surface area contributed by atoms with Crippen LogP contribution < -0.4 is 10.4 Å². The van der Waals surface area contributed by atoms with Crippen LogP contribution in [0.4, 0.5) is 0 Å². The molecule has 0 aliphatic carbocycles. The molecule has 0 bridgehead atoms. The minimum Gasteiger partial charge on any atom is -0.484 e. The SMILES string of the molecule is CC(C)(O)C1Oc2ccc3ccc(=O)oc3c2C1O. The summed E-state index contributed by atoms with van der Waals surface area (Å²) in [4.78, 5) is 11.3. The monoisotopic (exact) mass is 262 g/mol. The highest BCUT2D eigenvalue weighted by molar-refractivity contribution is 5.83. The van der Waals surface area contributed by atoms with E-state index in [-0.39, 0.29) is 0 Å². The molecule has 2 heterocycles. The zero-order valence-corrected chi connectivity index (χ0v) is 10.6. The van der Waals surface area contributed by atoms with Crippen molar-refractivity contribution in [3.05, 3.63) is 40.2 Å². The smallest absolute Gasteiger partial charge is 0.336 e. The third-order valence-electron chi connectivity index (χ3n) is 3.32. The molecule has 2 N–H and O–H groups in total. The summed E-state index contributed by atoms with van der Waals surface area (Å²) in [5, 5.41) is 21.0. The Balaban J connectivity index is 2.24. The summed E-state index contributed by atoms with van der Waals surface area (Å²) in [6.07, 6.45) is -1.83. The van der Waals surface area contributed by atoms with Crippen LogP contribution in [-0.2, 0) is 0 Å². The molecular weight excluding hydrogens is 248 g/mol. The molecular formula is C14H14O5. The summed E-state index contributed by atoms with van der Waals surface area (Å²) < 4.78 is 10.7. The number of benzene rings is 1. The van der Waals surface area contributed by atoms with E-state index in [0.29, 0.717) is 22.3 Å². The van der Waals surface area contributed by atoms with Gasteiger partial charge in [-0.2, -0.15) is 0 Å². The molecule has 0 fully saturated rings. The van der Waals surface area contributed by atoms with Crippen molar-refractivity contribution in [3.8, 4) is 5.75 Å². The maximum atomic E-state index is 11.3. The van der Waals surface area contributed by atoms with Crippen molar-refractivity contribution in [2.24, 2.45) is 0 Å². The van der Waals surface area contributed by atoms with Crippen molar-refractivity contribution in [2.75, 3.05) is 0 Å². The lowest BCUT2D eigenvalue weighted by molar-refractivity contribution is -0.0761. The molecule has 5 nitrogen and oxygen atoms in total. The zero-order chi connectivity index (χ0) is 13.8. The number of hydrogen-bond acceptors (Lipinski definition) is 5. The Morgan fingerprint density at radius 2 is 1.89 bits per heavy atom. The van der Waals surface area contributed by atoms with Gasteiger partial charge < -0.3 is 19.4 Å². The third kappa shape index (κ3) is 1.82. The van der Waals surface area contributed by atoms with E-state index in [1.165, 1.54) is 6.07 Å². The molecule has 5 heteroatoms. The summed E-state index contributed by atoms with van der Waals surface area (Å²) in [7, 11) is 0. The van der Waals surface area contributed by atoms with Crippen LogP contribution in [0.3, 0.4) is 0 Å². The Morgan fingerprint density at radius 1 is 1.21 bits per heavy atom. The van der Waals surface area contributed by atoms with Crippen LogP contribution >= 0.6 is 0 Å². The fraction of sp³-hybridized carbons (Fsp3) is 0.357. The Labute approximate surface area is 109 Å². The van der Waals surface area contributed by atoms with Crippen LogP contribution in [0.5, 0.6) is 5.75 Å². The molecule has 3 rings (SSSR count). The van der Waals surface area contributed by atoms with E-state index in [2.05, 4.69) is 0 Å². The van der Waals surface area contributed by atoms with Crippen molar-refractivity contribution < 1.29 is 19.4 Å². The Hall–Kier alpha value is -1.85. The predicted octanol–water partition coefficient (Wildman–Crippen LogP) is 1.36. The molecule has 1 aromatic carbocycles. The van der Waals surface area contributed by atoms with Crippen LogP contribution in [-0.4, -0.2) is 21.9 Å². The highest BCUT2D eigenvalue weighted by Crippen LogP contribution is 2.43. The molecule has 0 radical (unpaired) electrons. The van der Waals surface area contributed by atoms with E-state index < -0.39 is 23.4 Å². The van der Waals surface area contributed by atoms with Crippen molar-refractivity contribution in [1.82, 2.24) is 0 Å². The van der Waals surface area contributed by atoms with Crippen LogP contribution in [0.25, 0.3) is 11.0 Å². The fourth-order valence-corrected chi connectivity index (χ4v) is 2.40. The van der Waals surface area contributed by atoms with Crippen LogP contribution in [0.2, 0.25) is 0 Å². The molecule has 19 heavy (non-hydrogen) atoms. The van der Waals surface area contributed by atoms with Gasteiger partial charge >= 0.3 is 5.63 Å². The van der Waals surface area contributed by atoms with Crippen molar-refractivity contribution in [1.29, 1.82) is 0 Å². The second-order valence-corrected chi connectivity index (χ2v) is 5.29. The molecule has 0 spiro atoms. The first-order valence-corrected chi connectivity index (χ1v) is 6.02. The highest BCUT2D eigenvalue weighted by Gasteiger charge is 2.43. The quantitative estimate of drug-likeness (QED) is 0.758. The summed E-state index contributed by atoms with van der Waals surface area (Å²) in [5.74, 6) is 0.432. The van der Waals surface area contributed by atoms with E-state index in [9.17, 15) is 15.0 Å². The van der Waals surface area contributed by atoms with Gasteiger partial charge in [-0.1, -0.05) is 0 Å². The van der Waals surface area contributed by atoms with Gasteiger partial charge in [-0.15, -0.1) is 0 Å². The molecule has 1 aromatic heterocycles. The molecule has 2 unspecified atom stereocenters. The Morgan fingerprint density at radius 3 is 2.58 bits per heavy atom. The first-order chi connectivity index (χ1) is 8.88. The van der Waals surface area contributed by atoms with Crippen molar-refractivity contribution >= 4 is 11.0 Å². The predicted molar refractivity (Wildman–Crippen MR) is 68.2 cm³/mol. The van der Waals surface area contributed by atoms with Crippen LogP contribution in [0, 0.1) is 0 Å². The number of hydrogen-bond donors (Lipinski definition) is 2. The largest absolute Gasteiger partial charge is 0.484 e. The maximum absolute atomic E-state index is 11.3. The third-order valence-corrected chi connectivity index (χ3v) is 3.32. The average molecular weight is 262 g/mol. The van der Waals surface area contributed by atoms with Crippen LogP contribution in [0.1, 0.15) is 25.5 Å². The van der Waals surface area contributed by atoms with Crippen molar-refractivity contribution in [2.45, 2.75) is 31.7 Å². The van der Waals surface area contributed by atoms with E-state index in [0.717, 1.165) is 0 Å². The normalized spacial score (nSPS) is 22.3. The van der Waals surface area contributed by atoms with Gasteiger partial charge in [0, 0.05) is 11.5 Å². The number of ether oxygens (including phenoxy) is 1. The number of rotatable bonds is 1. The second-order valence-electron chi connectivity index (χ2n) is 5.29. The van der Waals surface area contributed by atoms with E-state index in [1.54, 1.807) is 32.0 Å². The molecule has 0 saturated carbocycles. The lowest BCUT2D eigenvalue weighted by Gasteiger charge is -2.27. The van der Waals surface area contributed by atoms with Crippen molar-refractivity contribution in [3.63, 3.8) is 0 Å². The van der Waals surface area contributed by atoms with E-state index in [4.69, 9.17) is 9.15 Å². The molecule has 1 aliphatic heterocycles. The maximum Gasteiger partial charge on any atom is 0.336 e. The summed E-state index contributed by atoms with van der Waals surface area (Å²) in [6, 6.07) is 6.40. The lowest BCUT2D eigenvalue weighted by Crippen LogP contribution is -2.41. The van der Waals surface area contributed by atoms with Gasteiger partial charge in [-0.25, -0.2) is 4.79 Å². The van der Waals surface area contributed by atoms with Gasteiger partial charge in [-0.05, 0) is 32.0 Å². The van der Waals surface area contributed by atoms with E-state index >= 15 is 0 Å². The molecule has 100 valence electrons. The molecule has 2 aromatic rings. The standard InChI is InChI=1S/C14H14O5/c1-14(2,17)13-11(16)10-8(18-13)5-3-7-4-6-9(15)19-12(7)10/h3-6,11,13,16-17H,1-2H3. The topological polar surface area (TPSA) is 79.9 Å². The van der Waals surface area contributed by atoms with Gasteiger partial charge in [-0.3, -0.25) is 0 Å². The fourth-order valence-electron chi connectivity index (χ4n) is 2.40. The first-order valence-electron chi connectivity index (χ1n) is 6.02.